The molecule has 1 aromatic heterocycles. The first-order chi connectivity index (χ1) is 10.6. The Morgan fingerprint density at radius 1 is 1.23 bits per heavy atom. The second kappa shape index (κ2) is 5.93. The van der Waals surface area contributed by atoms with Crippen molar-refractivity contribution in [1.29, 1.82) is 0 Å². The summed E-state index contributed by atoms with van der Waals surface area (Å²) in [4.78, 5) is 12.7. The maximum atomic E-state index is 12.7. The van der Waals surface area contributed by atoms with E-state index in [0.717, 1.165) is 36.1 Å². The lowest BCUT2D eigenvalue weighted by Crippen LogP contribution is -2.33. The molecule has 0 bridgehead atoms. The maximum Gasteiger partial charge on any atom is 0.272 e. The molecule has 116 valence electrons. The lowest BCUT2D eigenvalue weighted by Gasteiger charge is -2.24. The molecule has 1 saturated heterocycles. The highest BCUT2D eigenvalue weighted by Crippen LogP contribution is 2.27. The van der Waals surface area contributed by atoms with Gasteiger partial charge in [-0.3, -0.25) is 4.79 Å². The summed E-state index contributed by atoms with van der Waals surface area (Å²) in [5.41, 5.74) is 3.05. The van der Waals surface area contributed by atoms with Crippen molar-refractivity contribution in [2.24, 2.45) is 0 Å². The Morgan fingerprint density at radius 3 is 2.59 bits per heavy atom. The van der Waals surface area contributed by atoms with Crippen molar-refractivity contribution in [3.05, 3.63) is 45.9 Å². The summed E-state index contributed by atoms with van der Waals surface area (Å²) >= 11 is 0. The SMILES string of the molecule is Cc1nn(C2CCCCO2)c(=O)c(C)c1-c1ccc(O)cc1. The number of aromatic hydroxyl groups is 1. The number of benzene rings is 1. The molecule has 2 aromatic rings. The molecule has 2 heterocycles. The van der Waals surface area contributed by atoms with Gasteiger partial charge in [-0.05, 0) is 50.8 Å². The molecule has 1 fully saturated rings. The highest BCUT2D eigenvalue weighted by Gasteiger charge is 2.21. The fourth-order valence-electron chi connectivity index (χ4n) is 2.97. The van der Waals surface area contributed by atoms with Gasteiger partial charge in [-0.25, -0.2) is 4.68 Å². The van der Waals surface area contributed by atoms with Crippen molar-refractivity contribution in [3.63, 3.8) is 0 Å². The van der Waals surface area contributed by atoms with Gasteiger partial charge < -0.3 is 9.84 Å². The average molecular weight is 300 g/mol. The monoisotopic (exact) mass is 300 g/mol. The molecular formula is C17H20N2O3. The Balaban J connectivity index is 2.08. The topological polar surface area (TPSA) is 64.4 Å². The number of ether oxygens (including phenoxy) is 1. The van der Waals surface area contributed by atoms with E-state index in [9.17, 15) is 9.90 Å². The molecule has 5 nitrogen and oxygen atoms in total. The van der Waals surface area contributed by atoms with Crippen molar-refractivity contribution >= 4 is 0 Å². The van der Waals surface area contributed by atoms with Gasteiger partial charge in [-0.1, -0.05) is 12.1 Å². The van der Waals surface area contributed by atoms with Crippen LogP contribution < -0.4 is 5.56 Å². The van der Waals surface area contributed by atoms with E-state index in [4.69, 9.17) is 4.74 Å². The molecule has 22 heavy (non-hydrogen) atoms. The van der Waals surface area contributed by atoms with E-state index >= 15 is 0 Å². The van der Waals surface area contributed by atoms with Crippen LogP contribution in [0.4, 0.5) is 0 Å². The van der Waals surface area contributed by atoms with Crippen LogP contribution in [0.1, 0.15) is 36.7 Å². The summed E-state index contributed by atoms with van der Waals surface area (Å²) in [6.45, 7) is 4.39. The summed E-state index contributed by atoms with van der Waals surface area (Å²) in [6.07, 6.45) is 2.66. The highest BCUT2D eigenvalue weighted by molar-refractivity contribution is 5.69. The van der Waals surface area contributed by atoms with Gasteiger partial charge in [0, 0.05) is 17.7 Å². The van der Waals surface area contributed by atoms with Crippen LogP contribution in [0.2, 0.25) is 0 Å². The van der Waals surface area contributed by atoms with Gasteiger partial charge in [-0.15, -0.1) is 0 Å². The maximum absolute atomic E-state index is 12.7. The zero-order valence-corrected chi connectivity index (χ0v) is 12.9. The van der Waals surface area contributed by atoms with Crippen LogP contribution >= 0.6 is 0 Å². The van der Waals surface area contributed by atoms with Crippen molar-refractivity contribution in [3.8, 4) is 16.9 Å². The first-order valence-corrected chi connectivity index (χ1v) is 7.59. The molecule has 1 aliphatic heterocycles. The fourth-order valence-corrected chi connectivity index (χ4v) is 2.97. The van der Waals surface area contributed by atoms with Crippen LogP contribution in [0.15, 0.2) is 29.1 Å². The minimum absolute atomic E-state index is 0.111. The van der Waals surface area contributed by atoms with Crippen LogP contribution in [0.5, 0.6) is 5.75 Å². The predicted octanol–water partition coefficient (Wildman–Crippen LogP) is 2.93. The van der Waals surface area contributed by atoms with Crippen molar-refractivity contribution in [2.45, 2.75) is 39.3 Å². The van der Waals surface area contributed by atoms with Gasteiger partial charge in [0.2, 0.25) is 0 Å². The minimum Gasteiger partial charge on any atom is -0.508 e. The van der Waals surface area contributed by atoms with E-state index < -0.39 is 0 Å². The normalized spacial score (nSPS) is 18.4. The summed E-state index contributed by atoms with van der Waals surface area (Å²) in [5, 5.41) is 13.9. The van der Waals surface area contributed by atoms with E-state index in [1.54, 1.807) is 24.3 Å². The predicted molar refractivity (Wildman–Crippen MR) is 83.9 cm³/mol. The average Bonchev–Trinajstić information content (AvgIpc) is 2.53. The van der Waals surface area contributed by atoms with Crippen molar-refractivity contribution in [1.82, 2.24) is 9.78 Å². The molecule has 3 rings (SSSR count). The molecule has 0 spiro atoms. The molecule has 1 aliphatic rings. The number of hydrogen-bond donors (Lipinski definition) is 1. The van der Waals surface area contributed by atoms with Crippen LogP contribution in [0, 0.1) is 13.8 Å². The minimum atomic E-state index is -0.257. The summed E-state index contributed by atoms with van der Waals surface area (Å²) in [6, 6.07) is 6.83. The Hall–Kier alpha value is -2.14. The van der Waals surface area contributed by atoms with Gasteiger partial charge >= 0.3 is 0 Å². The smallest absolute Gasteiger partial charge is 0.272 e. The fraction of sp³-hybridized carbons (Fsp3) is 0.412. The number of aryl methyl sites for hydroxylation is 1. The lowest BCUT2D eigenvalue weighted by atomic mass is 10.0. The number of phenolic OH excluding ortho intramolecular Hbond substituents is 1. The van der Waals surface area contributed by atoms with Crippen LogP contribution in [-0.4, -0.2) is 21.5 Å². The van der Waals surface area contributed by atoms with Crippen molar-refractivity contribution < 1.29 is 9.84 Å². The summed E-state index contributed by atoms with van der Waals surface area (Å²) in [5.74, 6) is 0.205. The highest BCUT2D eigenvalue weighted by atomic mass is 16.5. The largest absolute Gasteiger partial charge is 0.508 e. The van der Waals surface area contributed by atoms with Gasteiger partial charge in [0.15, 0.2) is 6.23 Å². The third-order valence-corrected chi connectivity index (χ3v) is 4.11. The van der Waals surface area contributed by atoms with Gasteiger partial charge in [0.25, 0.3) is 5.56 Å². The van der Waals surface area contributed by atoms with E-state index in [2.05, 4.69) is 5.10 Å². The number of rotatable bonds is 2. The van der Waals surface area contributed by atoms with E-state index in [1.807, 2.05) is 13.8 Å². The standard InChI is InChI=1S/C17H20N2O3/c1-11-16(13-6-8-14(20)9-7-13)12(2)18-19(17(11)21)15-5-3-4-10-22-15/h6-9,15,20H,3-5,10H2,1-2H3. The molecule has 5 heteroatoms. The lowest BCUT2D eigenvalue weighted by molar-refractivity contribution is -0.0428. The third kappa shape index (κ3) is 2.64. The molecule has 1 N–H and O–H groups in total. The first-order valence-electron chi connectivity index (χ1n) is 7.59. The molecule has 0 radical (unpaired) electrons. The number of hydrogen-bond acceptors (Lipinski definition) is 4. The molecule has 1 atom stereocenters. The van der Waals surface area contributed by atoms with Gasteiger partial charge in [0.1, 0.15) is 5.75 Å². The Morgan fingerprint density at radius 2 is 1.95 bits per heavy atom. The molecule has 1 unspecified atom stereocenters. The van der Waals surface area contributed by atoms with Crippen LogP contribution in [-0.2, 0) is 4.74 Å². The number of phenols is 1. The van der Waals surface area contributed by atoms with Gasteiger partial charge in [-0.2, -0.15) is 5.10 Å². The zero-order valence-electron chi connectivity index (χ0n) is 12.9. The molecule has 0 amide bonds. The molecule has 0 aliphatic carbocycles. The Kier molecular flexibility index (Phi) is 3.98. The van der Waals surface area contributed by atoms with Crippen LogP contribution in [0.3, 0.4) is 0 Å². The summed E-state index contributed by atoms with van der Waals surface area (Å²) in [7, 11) is 0. The quantitative estimate of drug-likeness (QED) is 0.926. The second-order valence-electron chi connectivity index (χ2n) is 5.70. The third-order valence-electron chi connectivity index (χ3n) is 4.11. The van der Waals surface area contributed by atoms with Crippen LogP contribution in [0.25, 0.3) is 11.1 Å². The second-order valence-corrected chi connectivity index (χ2v) is 5.70. The van der Waals surface area contributed by atoms with E-state index in [1.165, 1.54) is 4.68 Å². The Labute approximate surface area is 129 Å². The molecule has 0 saturated carbocycles. The summed E-state index contributed by atoms with van der Waals surface area (Å²) < 4.78 is 7.16. The number of nitrogens with zero attached hydrogens (tertiary/aromatic N) is 2. The van der Waals surface area contributed by atoms with E-state index in [-0.39, 0.29) is 17.5 Å². The zero-order chi connectivity index (χ0) is 15.7. The molecular weight excluding hydrogens is 280 g/mol. The van der Waals surface area contributed by atoms with E-state index in [0.29, 0.717) is 12.2 Å². The number of aromatic nitrogens is 2. The van der Waals surface area contributed by atoms with Gasteiger partial charge in [0.05, 0.1) is 5.69 Å². The Bertz CT molecular complexity index is 729. The van der Waals surface area contributed by atoms with Crippen molar-refractivity contribution in [2.75, 3.05) is 6.61 Å². The first kappa shape index (κ1) is 14.8. The molecule has 1 aromatic carbocycles.